The average Bonchev–Trinajstić information content (AvgIpc) is 3.05. The quantitative estimate of drug-likeness (QED) is 0.495. The molecule has 0 fully saturated rings. The molecule has 0 saturated carbocycles. The van der Waals surface area contributed by atoms with Gasteiger partial charge in [0.2, 0.25) is 0 Å². The summed E-state index contributed by atoms with van der Waals surface area (Å²) in [6.07, 6.45) is 1.54. The summed E-state index contributed by atoms with van der Waals surface area (Å²) < 4.78 is 2.18. The molecule has 0 aliphatic carbocycles. The number of rotatable bonds is 4. The first-order valence-corrected chi connectivity index (χ1v) is 10.0. The number of halogens is 4. The van der Waals surface area contributed by atoms with Gasteiger partial charge in [0.05, 0.1) is 16.3 Å². The summed E-state index contributed by atoms with van der Waals surface area (Å²) >= 11 is 18.8. The standard InChI is InChI=1S/C17H11Br2Cl2N5O2/c1-22-16(27)9-5-8(20)6-10(18)14(9)24-17(28)12-7-13(19)25-26(12)15-11(21)3-2-4-23-15/h2-7H,1H3,(H,22,27)(H,24,28). The second-order valence-electron chi connectivity index (χ2n) is 5.42. The van der Waals surface area contributed by atoms with Crippen molar-refractivity contribution in [1.29, 1.82) is 0 Å². The monoisotopic (exact) mass is 545 g/mol. The van der Waals surface area contributed by atoms with Gasteiger partial charge in [-0.1, -0.05) is 23.2 Å². The molecule has 7 nitrogen and oxygen atoms in total. The molecule has 0 bridgehead atoms. The van der Waals surface area contributed by atoms with Crippen molar-refractivity contribution >= 4 is 72.6 Å². The zero-order valence-electron chi connectivity index (χ0n) is 14.1. The van der Waals surface area contributed by atoms with E-state index < -0.39 is 11.8 Å². The fourth-order valence-corrected chi connectivity index (χ4v) is 3.89. The van der Waals surface area contributed by atoms with Gasteiger partial charge in [-0.25, -0.2) is 9.67 Å². The fraction of sp³-hybridized carbons (Fsp3) is 0.0588. The number of nitrogens with zero attached hydrogens (tertiary/aromatic N) is 3. The lowest BCUT2D eigenvalue weighted by molar-refractivity contribution is 0.0964. The molecule has 2 amide bonds. The maximum Gasteiger partial charge on any atom is 0.274 e. The number of hydrogen-bond donors (Lipinski definition) is 2. The molecule has 0 atom stereocenters. The van der Waals surface area contributed by atoms with E-state index in [9.17, 15) is 9.59 Å². The molecule has 11 heteroatoms. The Labute approximate surface area is 186 Å². The zero-order chi connectivity index (χ0) is 20.4. The van der Waals surface area contributed by atoms with Crippen molar-refractivity contribution in [3.63, 3.8) is 0 Å². The van der Waals surface area contributed by atoms with Gasteiger partial charge in [-0.2, -0.15) is 5.10 Å². The average molecular weight is 548 g/mol. The number of amides is 2. The molecular weight excluding hydrogens is 537 g/mol. The predicted octanol–water partition coefficient (Wildman–Crippen LogP) is 4.71. The summed E-state index contributed by atoms with van der Waals surface area (Å²) in [5, 5.41) is 10.1. The van der Waals surface area contributed by atoms with E-state index in [4.69, 9.17) is 23.2 Å². The summed E-state index contributed by atoms with van der Waals surface area (Å²) in [7, 11) is 1.48. The molecule has 28 heavy (non-hydrogen) atoms. The third kappa shape index (κ3) is 4.22. The second-order valence-corrected chi connectivity index (χ2v) is 7.93. The molecule has 0 aliphatic rings. The minimum atomic E-state index is -0.520. The first kappa shape index (κ1) is 20.8. The minimum Gasteiger partial charge on any atom is -0.355 e. The van der Waals surface area contributed by atoms with Crippen LogP contribution in [-0.2, 0) is 0 Å². The van der Waals surface area contributed by atoms with Crippen LogP contribution in [0.5, 0.6) is 0 Å². The molecule has 0 spiro atoms. The van der Waals surface area contributed by atoms with Gasteiger partial charge in [0.1, 0.15) is 10.3 Å². The first-order valence-electron chi connectivity index (χ1n) is 7.70. The van der Waals surface area contributed by atoms with Gasteiger partial charge in [0.25, 0.3) is 11.8 Å². The highest BCUT2D eigenvalue weighted by Gasteiger charge is 2.22. The van der Waals surface area contributed by atoms with Crippen molar-refractivity contribution in [2.75, 3.05) is 12.4 Å². The van der Waals surface area contributed by atoms with E-state index >= 15 is 0 Å². The largest absolute Gasteiger partial charge is 0.355 e. The molecule has 3 aromatic rings. The van der Waals surface area contributed by atoms with E-state index in [1.807, 2.05) is 0 Å². The number of pyridine rings is 1. The molecule has 2 N–H and O–H groups in total. The number of carbonyl (C=O) groups excluding carboxylic acids is 2. The maximum atomic E-state index is 13.0. The summed E-state index contributed by atoms with van der Waals surface area (Å²) in [4.78, 5) is 29.4. The number of hydrogen-bond acceptors (Lipinski definition) is 4. The Morgan fingerprint density at radius 3 is 2.57 bits per heavy atom. The third-order valence-electron chi connectivity index (χ3n) is 3.62. The molecule has 144 valence electrons. The molecular formula is C17H11Br2Cl2N5O2. The Balaban J connectivity index is 2.05. The molecule has 1 aromatic carbocycles. The van der Waals surface area contributed by atoms with Crippen LogP contribution in [0.25, 0.3) is 5.82 Å². The van der Waals surface area contributed by atoms with Gasteiger partial charge in [-0.3, -0.25) is 9.59 Å². The lowest BCUT2D eigenvalue weighted by atomic mass is 10.1. The Bertz CT molecular complexity index is 1090. The van der Waals surface area contributed by atoms with Crippen molar-refractivity contribution in [1.82, 2.24) is 20.1 Å². The molecule has 0 saturated heterocycles. The van der Waals surface area contributed by atoms with Gasteiger partial charge < -0.3 is 10.6 Å². The predicted molar refractivity (Wildman–Crippen MR) is 115 cm³/mol. The van der Waals surface area contributed by atoms with E-state index in [0.29, 0.717) is 24.9 Å². The van der Waals surface area contributed by atoms with Crippen LogP contribution < -0.4 is 10.6 Å². The minimum absolute atomic E-state index is 0.164. The van der Waals surface area contributed by atoms with Crippen molar-refractivity contribution < 1.29 is 9.59 Å². The van der Waals surface area contributed by atoms with Crippen molar-refractivity contribution in [2.45, 2.75) is 0 Å². The van der Waals surface area contributed by atoms with Crippen LogP contribution in [0.15, 0.2) is 45.6 Å². The Morgan fingerprint density at radius 1 is 1.14 bits per heavy atom. The number of aromatic nitrogens is 3. The van der Waals surface area contributed by atoms with Crippen LogP contribution in [-0.4, -0.2) is 33.6 Å². The van der Waals surface area contributed by atoms with E-state index in [0.717, 1.165) is 0 Å². The van der Waals surface area contributed by atoms with Gasteiger partial charge >= 0.3 is 0 Å². The fourth-order valence-electron chi connectivity index (χ4n) is 2.40. The van der Waals surface area contributed by atoms with Crippen LogP contribution in [0.3, 0.4) is 0 Å². The van der Waals surface area contributed by atoms with Crippen LogP contribution >= 0.6 is 55.1 Å². The molecule has 0 aliphatic heterocycles. The van der Waals surface area contributed by atoms with E-state index in [2.05, 4.69) is 52.6 Å². The van der Waals surface area contributed by atoms with Gasteiger partial charge in [-0.15, -0.1) is 0 Å². The van der Waals surface area contributed by atoms with E-state index in [-0.39, 0.29) is 16.9 Å². The highest BCUT2D eigenvalue weighted by Crippen LogP contribution is 2.31. The number of benzene rings is 1. The molecule has 2 heterocycles. The Kier molecular flexibility index (Phi) is 6.39. The van der Waals surface area contributed by atoms with Crippen LogP contribution in [0.4, 0.5) is 5.69 Å². The van der Waals surface area contributed by atoms with Gasteiger partial charge in [0.15, 0.2) is 5.82 Å². The SMILES string of the molecule is CNC(=O)c1cc(Cl)cc(Br)c1NC(=O)c1cc(Br)nn1-c1ncccc1Cl. The van der Waals surface area contributed by atoms with E-state index in [1.54, 1.807) is 18.2 Å². The highest BCUT2D eigenvalue weighted by atomic mass is 79.9. The summed E-state index contributed by atoms with van der Waals surface area (Å²) in [5.41, 5.74) is 0.637. The van der Waals surface area contributed by atoms with Crippen molar-refractivity contribution in [3.8, 4) is 5.82 Å². The number of anilines is 1. The lowest BCUT2D eigenvalue weighted by Gasteiger charge is -2.14. The molecule has 0 radical (unpaired) electrons. The normalized spacial score (nSPS) is 10.6. The van der Waals surface area contributed by atoms with Crippen LogP contribution in [0.2, 0.25) is 10.0 Å². The summed E-state index contributed by atoms with van der Waals surface area (Å²) in [6.45, 7) is 0. The second kappa shape index (κ2) is 8.60. The van der Waals surface area contributed by atoms with E-state index in [1.165, 1.54) is 30.1 Å². The smallest absolute Gasteiger partial charge is 0.274 e. The Morgan fingerprint density at radius 2 is 1.89 bits per heavy atom. The van der Waals surface area contributed by atoms with Gasteiger partial charge in [-0.05, 0) is 56.1 Å². The molecule has 0 unspecified atom stereocenters. The van der Waals surface area contributed by atoms with Crippen LogP contribution in [0, 0.1) is 0 Å². The highest BCUT2D eigenvalue weighted by molar-refractivity contribution is 9.10. The topological polar surface area (TPSA) is 88.9 Å². The zero-order valence-corrected chi connectivity index (χ0v) is 18.8. The van der Waals surface area contributed by atoms with Crippen molar-refractivity contribution in [2.24, 2.45) is 0 Å². The number of nitrogens with one attached hydrogen (secondary N) is 2. The van der Waals surface area contributed by atoms with Crippen LogP contribution in [0.1, 0.15) is 20.8 Å². The summed E-state index contributed by atoms with van der Waals surface area (Å²) in [6, 6.07) is 7.87. The van der Waals surface area contributed by atoms with Gasteiger partial charge in [0, 0.05) is 28.8 Å². The maximum absolute atomic E-state index is 13.0. The summed E-state index contributed by atoms with van der Waals surface area (Å²) in [5.74, 6) is -0.629. The lowest BCUT2D eigenvalue weighted by Crippen LogP contribution is -2.23. The Hall–Kier alpha value is -1.94. The molecule has 3 rings (SSSR count). The molecule has 2 aromatic heterocycles. The van der Waals surface area contributed by atoms with Crippen molar-refractivity contribution in [3.05, 3.63) is 66.9 Å². The third-order valence-corrected chi connectivity index (χ3v) is 5.14. The first-order chi connectivity index (χ1) is 13.3. The number of carbonyl (C=O) groups is 2.